The number of carbonyl (C=O) groups is 1. The van der Waals surface area contributed by atoms with Gasteiger partial charge in [0.2, 0.25) is 0 Å². The Morgan fingerprint density at radius 1 is 1.17 bits per heavy atom. The summed E-state index contributed by atoms with van der Waals surface area (Å²) in [5, 5.41) is 2.04. The molecule has 2 aromatic heterocycles. The van der Waals surface area contributed by atoms with Crippen molar-refractivity contribution in [2.45, 2.75) is 26.9 Å². The van der Waals surface area contributed by atoms with E-state index in [9.17, 15) is 4.79 Å². The first kappa shape index (κ1) is 15.6. The molecular formula is C19H19NO2S. The molecule has 0 N–H and O–H groups in total. The van der Waals surface area contributed by atoms with E-state index in [-0.39, 0.29) is 5.91 Å². The van der Waals surface area contributed by atoms with Crippen LogP contribution in [0.5, 0.6) is 0 Å². The van der Waals surface area contributed by atoms with Gasteiger partial charge in [0.1, 0.15) is 0 Å². The molecule has 0 aliphatic carbocycles. The molecule has 0 saturated heterocycles. The Balaban J connectivity index is 1.89. The fourth-order valence-electron chi connectivity index (χ4n) is 2.53. The molecule has 1 aromatic carbocycles. The van der Waals surface area contributed by atoms with E-state index in [1.807, 2.05) is 54.5 Å². The summed E-state index contributed by atoms with van der Waals surface area (Å²) in [6.07, 6.45) is 3.33. The van der Waals surface area contributed by atoms with E-state index < -0.39 is 0 Å². The summed E-state index contributed by atoms with van der Waals surface area (Å²) in [4.78, 5) is 16.1. The number of aryl methyl sites for hydroxylation is 2. The fourth-order valence-corrected chi connectivity index (χ4v) is 3.25. The number of amides is 1. The molecule has 0 unspecified atom stereocenters. The standard InChI is InChI=1S/C19H19NO2S/c1-14-5-6-15(2)18(10-14)19(21)20(11-16-7-8-22-13-16)12-17-4-3-9-23-17/h3-10,13H,11-12H2,1-2H3. The number of rotatable bonds is 5. The first-order chi connectivity index (χ1) is 11.1. The molecule has 3 nitrogen and oxygen atoms in total. The number of thiophene rings is 1. The third-order valence-corrected chi connectivity index (χ3v) is 4.65. The van der Waals surface area contributed by atoms with Gasteiger partial charge < -0.3 is 9.32 Å². The van der Waals surface area contributed by atoms with Crippen LogP contribution in [0.4, 0.5) is 0 Å². The predicted molar refractivity (Wildman–Crippen MR) is 92.5 cm³/mol. The van der Waals surface area contributed by atoms with Gasteiger partial charge >= 0.3 is 0 Å². The molecule has 1 amide bonds. The van der Waals surface area contributed by atoms with Crippen LogP contribution in [0.15, 0.2) is 58.7 Å². The number of carbonyl (C=O) groups excluding carboxylic acids is 1. The molecule has 0 aliphatic heterocycles. The number of hydrogen-bond donors (Lipinski definition) is 0. The molecule has 4 heteroatoms. The summed E-state index contributed by atoms with van der Waals surface area (Å²) < 4.78 is 5.14. The van der Waals surface area contributed by atoms with Crippen molar-refractivity contribution < 1.29 is 9.21 Å². The Morgan fingerprint density at radius 2 is 2.04 bits per heavy atom. The van der Waals surface area contributed by atoms with Crippen LogP contribution in [-0.2, 0) is 13.1 Å². The predicted octanol–water partition coefficient (Wildman–Crippen LogP) is 4.80. The van der Waals surface area contributed by atoms with Gasteiger partial charge in [0, 0.05) is 22.5 Å². The first-order valence-electron chi connectivity index (χ1n) is 7.53. The van der Waals surface area contributed by atoms with Crippen LogP contribution < -0.4 is 0 Å². The van der Waals surface area contributed by atoms with E-state index in [4.69, 9.17) is 4.42 Å². The average molecular weight is 325 g/mol. The lowest BCUT2D eigenvalue weighted by Gasteiger charge is -2.23. The fraction of sp³-hybridized carbons (Fsp3) is 0.211. The number of hydrogen-bond acceptors (Lipinski definition) is 3. The molecule has 0 bridgehead atoms. The topological polar surface area (TPSA) is 33.5 Å². The quantitative estimate of drug-likeness (QED) is 0.675. The van der Waals surface area contributed by atoms with Crippen LogP contribution in [-0.4, -0.2) is 10.8 Å². The molecule has 0 fully saturated rings. The summed E-state index contributed by atoms with van der Waals surface area (Å²) in [6, 6.07) is 12.0. The minimum absolute atomic E-state index is 0.0563. The van der Waals surface area contributed by atoms with Gasteiger partial charge in [0.05, 0.1) is 19.1 Å². The van der Waals surface area contributed by atoms with Crippen LogP contribution >= 0.6 is 11.3 Å². The van der Waals surface area contributed by atoms with Crippen molar-refractivity contribution in [2.75, 3.05) is 0 Å². The lowest BCUT2D eigenvalue weighted by atomic mass is 10.0. The Hall–Kier alpha value is -2.33. The monoisotopic (exact) mass is 325 g/mol. The molecule has 23 heavy (non-hydrogen) atoms. The van der Waals surface area contributed by atoms with Gasteiger partial charge in [-0.1, -0.05) is 23.8 Å². The molecule has 118 valence electrons. The summed E-state index contributed by atoms with van der Waals surface area (Å²) in [7, 11) is 0. The molecule has 0 radical (unpaired) electrons. The van der Waals surface area contributed by atoms with Crippen molar-refractivity contribution in [1.82, 2.24) is 4.90 Å². The van der Waals surface area contributed by atoms with Crippen molar-refractivity contribution in [1.29, 1.82) is 0 Å². The van der Waals surface area contributed by atoms with Gasteiger partial charge in [0.25, 0.3) is 5.91 Å². The van der Waals surface area contributed by atoms with Crippen molar-refractivity contribution in [3.63, 3.8) is 0 Å². The van der Waals surface area contributed by atoms with Gasteiger partial charge in [-0.25, -0.2) is 0 Å². The Kier molecular flexibility index (Phi) is 4.63. The van der Waals surface area contributed by atoms with E-state index in [1.54, 1.807) is 23.9 Å². The Bertz CT molecular complexity index is 740. The molecule has 3 rings (SSSR count). The third kappa shape index (κ3) is 3.71. The highest BCUT2D eigenvalue weighted by Crippen LogP contribution is 2.20. The summed E-state index contributed by atoms with van der Waals surface area (Å²) in [6.45, 7) is 5.14. The zero-order valence-corrected chi connectivity index (χ0v) is 14.1. The molecule has 3 aromatic rings. The first-order valence-corrected chi connectivity index (χ1v) is 8.41. The Labute approximate surface area is 140 Å². The SMILES string of the molecule is Cc1ccc(C)c(C(=O)N(Cc2ccoc2)Cc2cccs2)c1. The molecule has 0 saturated carbocycles. The molecular weight excluding hydrogens is 306 g/mol. The lowest BCUT2D eigenvalue weighted by molar-refractivity contribution is 0.0730. The lowest BCUT2D eigenvalue weighted by Crippen LogP contribution is -2.30. The van der Waals surface area contributed by atoms with Crippen LogP contribution in [0, 0.1) is 13.8 Å². The van der Waals surface area contributed by atoms with Gasteiger partial charge in [0.15, 0.2) is 0 Å². The third-order valence-electron chi connectivity index (χ3n) is 3.79. The van der Waals surface area contributed by atoms with Gasteiger partial charge in [-0.3, -0.25) is 4.79 Å². The normalized spacial score (nSPS) is 10.7. The van der Waals surface area contributed by atoms with Gasteiger partial charge in [-0.15, -0.1) is 11.3 Å². The van der Waals surface area contributed by atoms with Gasteiger partial charge in [-0.2, -0.15) is 0 Å². The van der Waals surface area contributed by atoms with Crippen molar-refractivity contribution >= 4 is 17.2 Å². The minimum atomic E-state index is 0.0563. The Morgan fingerprint density at radius 3 is 2.74 bits per heavy atom. The van der Waals surface area contributed by atoms with E-state index in [2.05, 4.69) is 6.07 Å². The van der Waals surface area contributed by atoms with Crippen LogP contribution in [0.1, 0.15) is 31.9 Å². The maximum absolute atomic E-state index is 13.1. The highest BCUT2D eigenvalue weighted by Gasteiger charge is 2.19. The minimum Gasteiger partial charge on any atom is -0.472 e. The zero-order valence-electron chi connectivity index (χ0n) is 13.3. The smallest absolute Gasteiger partial charge is 0.254 e. The summed E-state index contributed by atoms with van der Waals surface area (Å²) in [5.41, 5.74) is 3.87. The molecule has 0 aliphatic rings. The van der Waals surface area contributed by atoms with E-state index in [0.29, 0.717) is 13.1 Å². The van der Waals surface area contributed by atoms with Crippen LogP contribution in [0.2, 0.25) is 0 Å². The number of furan rings is 1. The average Bonchev–Trinajstić information content (AvgIpc) is 3.22. The van der Waals surface area contributed by atoms with Crippen LogP contribution in [0.25, 0.3) is 0 Å². The van der Waals surface area contributed by atoms with Crippen molar-refractivity contribution in [3.8, 4) is 0 Å². The van der Waals surface area contributed by atoms with E-state index >= 15 is 0 Å². The summed E-state index contributed by atoms with van der Waals surface area (Å²) >= 11 is 1.67. The largest absolute Gasteiger partial charge is 0.472 e. The number of nitrogens with zero attached hydrogens (tertiary/aromatic N) is 1. The maximum Gasteiger partial charge on any atom is 0.254 e. The van der Waals surface area contributed by atoms with Crippen molar-refractivity contribution in [3.05, 3.63) is 81.4 Å². The molecule has 0 atom stereocenters. The second-order valence-corrected chi connectivity index (χ2v) is 6.72. The second kappa shape index (κ2) is 6.84. The zero-order chi connectivity index (χ0) is 16.2. The van der Waals surface area contributed by atoms with E-state index in [0.717, 1.165) is 22.3 Å². The van der Waals surface area contributed by atoms with E-state index in [1.165, 1.54) is 4.88 Å². The highest BCUT2D eigenvalue weighted by molar-refractivity contribution is 7.09. The molecule has 0 spiro atoms. The maximum atomic E-state index is 13.1. The summed E-state index contributed by atoms with van der Waals surface area (Å²) in [5.74, 6) is 0.0563. The second-order valence-electron chi connectivity index (χ2n) is 5.69. The van der Waals surface area contributed by atoms with Gasteiger partial charge in [-0.05, 0) is 43.0 Å². The van der Waals surface area contributed by atoms with Crippen molar-refractivity contribution in [2.24, 2.45) is 0 Å². The highest BCUT2D eigenvalue weighted by atomic mass is 32.1. The number of benzene rings is 1. The van der Waals surface area contributed by atoms with Crippen LogP contribution in [0.3, 0.4) is 0 Å². The molecule has 2 heterocycles.